The van der Waals surface area contributed by atoms with Crippen LogP contribution in [-0.2, 0) is 9.59 Å². The third kappa shape index (κ3) is 2.28. The van der Waals surface area contributed by atoms with Gasteiger partial charge in [0.1, 0.15) is 0 Å². The molecule has 5 nitrogen and oxygen atoms in total. The molecule has 0 aromatic carbocycles. The molecule has 0 saturated carbocycles. The molecule has 3 N–H and O–H groups in total. The topological polar surface area (TPSA) is 70.2 Å². The summed E-state index contributed by atoms with van der Waals surface area (Å²) < 4.78 is 0. The molecular weight excluding hydrogens is 194 g/mol. The Kier molecular flexibility index (Phi) is 2.90. The van der Waals surface area contributed by atoms with Crippen LogP contribution in [0.15, 0.2) is 0 Å². The van der Waals surface area contributed by atoms with Crippen LogP contribution in [0.1, 0.15) is 13.3 Å². The van der Waals surface area contributed by atoms with Crippen LogP contribution >= 0.6 is 0 Å². The van der Waals surface area contributed by atoms with Crippen LogP contribution in [0.4, 0.5) is 0 Å². The molecule has 0 spiro atoms. The van der Waals surface area contributed by atoms with Gasteiger partial charge in [-0.15, -0.1) is 0 Å². The smallest absolute Gasteiger partial charge is 0.223 e. The number of carbonyl (C=O) groups excluding carboxylic acids is 2. The van der Waals surface area contributed by atoms with E-state index in [1.54, 1.807) is 0 Å². The average molecular weight is 211 g/mol. The number of nitrogens with one attached hydrogen (secondary N) is 3. The molecule has 0 bridgehead atoms. The second-order valence-electron chi connectivity index (χ2n) is 4.42. The van der Waals surface area contributed by atoms with E-state index in [9.17, 15) is 9.59 Å². The Morgan fingerprint density at radius 1 is 1.47 bits per heavy atom. The van der Waals surface area contributed by atoms with E-state index in [0.29, 0.717) is 18.9 Å². The minimum Gasteiger partial charge on any atom is -0.354 e. The quantitative estimate of drug-likeness (QED) is 0.552. The zero-order valence-corrected chi connectivity index (χ0v) is 8.88. The lowest BCUT2D eigenvalue weighted by Gasteiger charge is -2.32. The van der Waals surface area contributed by atoms with E-state index in [1.807, 2.05) is 6.92 Å². The minimum absolute atomic E-state index is 0.0134. The maximum Gasteiger partial charge on any atom is 0.223 e. The van der Waals surface area contributed by atoms with Crippen LogP contribution in [-0.4, -0.2) is 37.5 Å². The van der Waals surface area contributed by atoms with Gasteiger partial charge in [0.05, 0.1) is 6.04 Å². The highest BCUT2D eigenvalue weighted by Gasteiger charge is 2.31. The van der Waals surface area contributed by atoms with Gasteiger partial charge < -0.3 is 16.0 Å². The lowest BCUT2D eigenvalue weighted by molar-refractivity contribution is -0.127. The highest BCUT2D eigenvalue weighted by molar-refractivity contribution is 5.83. The van der Waals surface area contributed by atoms with Crippen LogP contribution in [0.2, 0.25) is 0 Å². The third-order valence-corrected chi connectivity index (χ3v) is 3.26. The van der Waals surface area contributed by atoms with Crippen molar-refractivity contribution in [2.24, 2.45) is 11.8 Å². The zero-order valence-electron chi connectivity index (χ0n) is 8.88. The van der Waals surface area contributed by atoms with Gasteiger partial charge in [0.25, 0.3) is 0 Å². The molecule has 2 rings (SSSR count). The first-order valence-electron chi connectivity index (χ1n) is 5.44. The predicted octanol–water partition coefficient (Wildman–Crippen LogP) is -1.15. The molecule has 84 valence electrons. The van der Waals surface area contributed by atoms with Crippen molar-refractivity contribution < 1.29 is 9.59 Å². The molecule has 2 unspecified atom stereocenters. The Hall–Kier alpha value is -1.10. The minimum atomic E-state index is -0.0134. The molecular formula is C10H17N3O2. The number of amides is 2. The number of rotatable bonds is 3. The van der Waals surface area contributed by atoms with E-state index in [2.05, 4.69) is 16.0 Å². The second-order valence-corrected chi connectivity index (χ2v) is 4.42. The van der Waals surface area contributed by atoms with Gasteiger partial charge in [0.2, 0.25) is 11.8 Å². The van der Waals surface area contributed by atoms with E-state index in [0.717, 1.165) is 13.1 Å². The van der Waals surface area contributed by atoms with Gasteiger partial charge in [-0.2, -0.15) is 0 Å². The van der Waals surface area contributed by atoms with Crippen molar-refractivity contribution in [3.8, 4) is 0 Å². The van der Waals surface area contributed by atoms with Crippen molar-refractivity contribution in [2.75, 3.05) is 19.6 Å². The summed E-state index contributed by atoms with van der Waals surface area (Å²) in [4.78, 5) is 22.7. The zero-order chi connectivity index (χ0) is 10.8. The summed E-state index contributed by atoms with van der Waals surface area (Å²) in [5.41, 5.74) is 0. The molecule has 2 atom stereocenters. The van der Waals surface area contributed by atoms with E-state index in [4.69, 9.17) is 0 Å². The Labute approximate surface area is 89.0 Å². The van der Waals surface area contributed by atoms with E-state index in [1.165, 1.54) is 0 Å². The average Bonchev–Trinajstić information content (AvgIpc) is 2.48. The molecule has 0 aromatic rings. The molecule has 2 heterocycles. The lowest BCUT2D eigenvalue weighted by Crippen LogP contribution is -2.51. The van der Waals surface area contributed by atoms with Crippen molar-refractivity contribution in [3.05, 3.63) is 0 Å². The van der Waals surface area contributed by atoms with Crippen molar-refractivity contribution in [1.29, 1.82) is 0 Å². The SMILES string of the molecule is CC(C(=O)NC1CNC(=O)C1)C1CNC1. The molecule has 0 radical (unpaired) electrons. The van der Waals surface area contributed by atoms with Crippen LogP contribution in [0.25, 0.3) is 0 Å². The summed E-state index contributed by atoms with van der Waals surface area (Å²) in [5, 5.41) is 8.76. The summed E-state index contributed by atoms with van der Waals surface area (Å²) in [5.74, 6) is 0.596. The Balaban J connectivity index is 1.78. The van der Waals surface area contributed by atoms with E-state index < -0.39 is 0 Å². The van der Waals surface area contributed by atoms with Crippen molar-refractivity contribution in [3.63, 3.8) is 0 Å². The molecule has 2 amide bonds. The van der Waals surface area contributed by atoms with E-state index >= 15 is 0 Å². The van der Waals surface area contributed by atoms with Gasteiger partial charge >= 0.3 is 0 Å². The number of hydrogen-bond acceptors (Lipinski definition) is 3. The summed E-state index contributed by atoms with van der Waals surface area (Å²) in [6.07, 6.45) is 0.418. The van der Waals surface area contributed by atoms with Crippen LogP contribution in [0.5, 0.6) is 0 Å². The largest absolute Gasteiger partial charge is 0.354 e. The highest BCUT2D eigenvalue weighted by atomic mass is 16.2. The molecule has 0 aromatic heterocycles. The maximum absolute atomic E-state index is 11.8. The fraction of sp³-hybridized carbons (Fsp3) is 0.800. The van der Waals surface area contributed by atoms with Crippen LogP contribution < -0.4 is 16.0 Å². The van der Waals surface area contributed by atoms with Crippen LogP contribution in [0.3, 0.4) is 0 Å². The summed E-state index contributed by atoms with van der Waals surface area (Å²) >= 11 is 0. The van der Waals surface area contributed by atoms with Crippen molar-refractivity contribution in [1.82, 2.24) is 16.0 Å². The number of hydrogen-bond donors (Lipinski definition) is 3. The number of carbonyl (C=O) groups is 2. The monoisotopic (exact) mass is 211 g/mol. The normalized spacial score (nSPS) is 28.1. The molecule has 5 heteroatoms. The van der Waals surface area contributed by atoms with Gasteiger partial charge in [0.15, 0.2) is 0 Å². The Morgan fingerprint density at radius 2 is 2.20 bits per heavy atom. The van der Waals surface area contributed by atoms with Crippen molar-refractivity contribution >= 4 is 11.8 Å². The standard InChI is InChI=1S/C10H17N3O2/c1-6(7-3-11-4-7)10(15)13-8-2-9(14)12-5-8/h6-8,11H,2-5H2,1H3,(H,12,14)(H,13,15). The Bertz CT molecular complexity index is 276. The van der Waals surface area contributed by atoms with Gasteiger partial charge in [-0.3, -0.25) is 9.59 Å². The summed E-state index contributed by atoms with van der Waals surface area (Å²) in [6, 6.07) is -0.0134. The molecule has 2 aliphatic rings. The maximum atomic E-state index is 11.8. The Morgan fingerprint density at radius 3 is 2.67 bits per heavy atom. The highest BCUT2D eigenvalue weighted by Crippen LogP contribution is 2.16. The second kappa shape index (κ2) is 4.18. The van der Waals surface area contributed by atoms with Crippen LogP contribution in [0, 0.1) is 11.8 Å². The first-order valence-corrected chi connectivity index (χ1v) is 5.44. The summed E-state index contributed by atoms with van der Waals surface area (Å²) in [6.45, 7) is 4.37. The molecule has 15 heavy (non-hydrogen) atoms. The molecule has 0 aliphatic carbocycles. The van der Waals surface area contributed by atoms with Gasteiger partial charge in [-0.1, -0.05) is 6.92 Å². The fourth-order valence-electron chi connectivity index (χ4n) is 1.92. The van der Waals surface area contributed by atoms with Gasteiger partial charge in [-0.25, -0.2) is 0 Å². The first kappa shape index (κ1) is 10.4. The fourth-order valence-corrected chi connectivity index (χ4v) is 1.92. The molecule has 2 aliphatic heterocycles. The van der Waals surface area contributed by atoms with Crippen molar-refractivity contribution in [2.45, 2.75) is 19.4 Å². The first-order chi connectivity index (χ1) is 7.16. The molecule has 2 saturated heterocycles. The third-order valence-electron chi connectivity index (χ3n) is 3.26. The summed E-state index contributed by atoms with van der Waals surface area (Å²) in [7, 11) is 0. The predicted molar refractivity (Wildman–Crippen MR) is 55.1 cm³/mol. The van der Waals surface area contributed by atoms with Gasteiger partial charge in [-0.05, 0) is 19.0 Å². The lowest BCUT2D eigenvalue weighted by atomic mass is 9.88. The molecule has 2 fully saturated rings. The van der Waals surface area contributed by atoms with Gasteiger partial charge in [0, 0.05) is 18.9 Å². The van der Waals surface area contributed by atoms with E-state index in [-0.39, 0.29) is 23.8 Å².